The summed E-state index contributed by atoms with van der Waals surface area (Å²) < 4.78 is 40.0. The fourth-order valence-corrected chi connectivity index (χ4v) is 3.76. The molecule has 1 aliphatic carbocycles. The summed E-state index contributed by atoms with van der Waals surface area (Å²) in [6.07, 6.45) is 5.86. The molecule has 8 heteroatoms. The molecule has 1 aromatic rings. The fraction of sp³-hybridized carbons (Fsp3) is 0.583. The third-order valence-corrected chi connectivity index (χ3v) is 4.97. The van der Waals surface area contributed by atoms with Gasteiger partial charge in [0.1, 0.15) is 10.7 Å². The third-order valence-electron chi connectivity index (χ3n) is 3.51. The molecule has 20 heavy (non-hydrogen) atoms. The third kappa shape index (κ3) is 4.12. The van der Waals surface area contributed by atoms with Crippen LogP contribution in [0.15, 0.2) is 23.4 Å². The maximum absolute atomic E-state index is 13.0. The highest BCUT2D eigenvalue weighted by molar-refractivity contribution is 7.89. The van der Waals surface area contributed by atoms with Gasteiger partial charge in [-0.25, -0.2) is 17.5 Å². The monoisotopic (exact) mass is 323 g/mol. The van der Waals surface area contributed by atoms with Crippen molar-refractivity contribution in [1.29, 1.82) is 0 Å². The maximum atomic E-state index is 13.0. The zero-order valence-electron chi connectivity index (χ0n) is 11.0. The van der Waals surface area contributed by atoms with Crippen molar-refractivity contribution >= 4 is 22.4 Å². The molecular formula is C12H19ClFN3O2S. The van der Waals surface area contributed by atoms with E-state index in [0.29, 0.717) is 6.54 Å². The van der Waals surface area contributed by atoms with Crippen LogP contribution in [0.4, 0.5) is 4.39 Å². The minimum atomic E-state index is -3.73. The summed E-state index contributed by atoms with van der Waals surface area (Å²) in [7, 11) is -3.73. The number of rotatable bonds is 4. The largest absolute Gasteiger partial charge is 0.330 e. The van der Waals surface area contributed by atoms with Crippen LogP contribution in [0.2, 0.25) is 0 Å². The number of sulfonamides is 1. The highest BCUT2D eigenvalue weighted by Gasteiger charge is 2.28. The van der Waals surface area contributed by atoms with E-state index in [1.165, 1.54) is 0 Å². The number of nitrogens with two attached hydrogens (primary N) is 1. The normalized spacial score (nSPS) is 23.1. The Hall–Kier alpha value is -0.760. The van der Waals surface area contributed by atoms with Crippen LogP contribution in [0.5, 0.6) is 0 Å². The minimum absolute atomic E-state index is 0. The molecule has 114 valence electrons. The van der Waals surface area contributed by atoms with Gasteiger partial charge in [-0.05, 0) is 31.4 Å². The highest BCUT2D eigenvalue weighted by Crippen LogP contribution is 2.25. The number of nitrogens with zero attached hydrogens (tertiary/aromatic N) is 1. The van der Waals surface area contributed by atoms with E-state index in [9.17, 15) is 12.8 Å². The summed E-state index contributed by atoms with van der Waals surface area (Å²) >= 11 is 0. The van der Waals surface area contributed by atoms with Crippen LogP contribution in [-0.2, 0) is 10.0 Å². The van der Waals surface area contributed by atoms with Crippen molar-refractivity contribution in [1.82, 2.24) is 9.71 Å². The lowest BCUT2D eigenvalue weighted by Gasteiger charge is -2.30. The van der Waals surface area contributed by atoms with Crippen molar-refractivity contribution in [3.63, 3.8) is 0 Å². The highest BCUT2D eigenvalue weighted by atomic mass is 35.5. The molecule has 3 N–H and O–H groups in total. The van der Waals surface area contributed by atoms with Crippen molar-refractivity contribution in [3.05, 3.63) is 24.3 Å². The number of pyridine rings is 1. The van der Waals surface area contributed by atoms with E-state index in [0.717, 1.165) is 44.1 Å². The lowest BCUT2D eigenvalue weighted by Crippen LogP contribution is -2.44. The Labute approximate surface area is 124 Å². The van der Waals surface area contributed by atoms with Gasteiger partial charge in [0.05, 0.1) is 6.20 Å². The minimum Gasteiger partial charge on any atom is -0.330 e. The molecular weight excluding hydrogens is 305 g/mol. The molecule has 1 heterocycles. The van der Waals surface area contributed by atoms with Crippen molar-refractivity contribution in [3.8, 4) is 0 Å². The second-order valence-electron chi connectivity index (χ2n) is 4.85. The average molecular weight is 324 g/mol. The van der Waals surface area contributed by atoms with Crippen LogP contribution < -0.4 is 10.5 Å². The van der Waals surface area contributed by atoms with Gasteiger partial charge in [-0.3, -0.25) is 4.98 Å². The number of aromatic nitrogens is 1. The van der Waals surface area contributed by atoms with Gasteiger partial charge in [-0.1, -0.05) is 12.8 Å². The first-order valence-corrected chi connectivity index (χ1v) is 7.84. The van der Waals surface area contributed by atoms with Gasteiger partial charge in [0.25, 0.3) is 0 Å². The van der Waals surface area contributed by atoms with Crippen molar-refractivity contribution < 1.29 is 12.8 Å². The Kier molecular flexibility index (Phi) is 6.32. The van der Waals surface area contributed by atoms with Crippen molar-refractivity contribution in [2.45, 2.75) is 36.6 Å². The van der Waals surface area contributed by atoms with Crippen LogP contribution in [0, 0.1) is 11.7 Å². The van der Waals surface area contributed by atoms with Crippen LogP contribution in [-0.4, -0.2) is 26.0 Å². The molecule has 0 spiro atoms. The van der Waals surface area contributed by atoms with Crippen LogP contribution in [0.25, 0.3) is 0 Å². The van der Waals surface area contributed by atoms with Gasteiger partial charge in [0, 0.05) is 12.2 Å². The molecule has 1 fully saturated rings. The van der Waals surface area contributed by atoms with Crippen molar-refractivity contribution in [2.75, 3.05) is 6.54 Å². The molecule has 2 atom stereocenters. The molecule has 0 radical (unpaired) electrons. The second kappa shape index (κ2) is 7.31. The van der Waals surface area contributed by atoms with E-state index in [-0.39, 0.29) is 29.3 Å². The van der Waals surface area contributed by atoms with E-state index in [1.807, 2.05) is 0 Å². The van der Waals surface area contributed by atoms with Gasteiger partial charge in [-0.15, -0.1) is 12.4 Å². The first-order chi connectivity index (χ1) is 9.03. The SMILES string of the molecule is Cl.NCC1CCCCC1NS(=O)(=O)c1cncc(F)c1. The summed E-state index contributed by atoms with van der Waals surface area (Å²) in [4.78, 5) is 3.42. The summed E-state index contributed by atoms with van der Waals surface area (Å²) in [5, 5.41) is 0. The second-order valence-corrected chi connectivity index (χ2v) is 6.56. The number of hydrogen-bond acceptors (Lipinski definition) is 4. The quantitative estimate of drug-likeness (QED) is 0.878. The Balaban J connectivity index is 0.00000200. The lowest BCUT2D eigenvalue weighted by molar-refractivity contribution is 0.296. The Morgan fingerprint density at radius 3 is 2.70 bits per heavy atom. The molecule has 1 saturated carbocycles. The molecule has 0 aliphatic heterocycles. The van der Waals surface area contributed by atoms with E-state index in [4.69, 9.17) is 5.73 Å². The van der Waals surface area contributed by atoms with E-state index < -0.39 is 15.8 Å². The Morgan fingerprint density at radius 1 is 1.35 bits per heavy atom. The van der Waals surface area contributed by atoms with E-state index in [2.05, 4.69) is 9.71 Å². The molecule has 2 rings (SSSR count). The molecule has 1 aromatic heterocycles. The van der Waals surface area contributed by atoms with Crippen LogP contribution in [0.1, 0.15) is 25.7 Å². The summed E-state index contributed by atoms with van der Waals surface area (Å²) in [6.45, 7) is 0.453. The zero-order chi connectivity index (χ0) is 13.9. The fourth-order valence-electron chi connectivity index (χ4n) is 2.45. The lowest BCUT2D eigenvalue weighted by atomic mass is 9.85. The summed E-state index contributed by atoms with van der Waals surface area (Å²) in [5.74, 6) is -0.521. The van der Waals surface area contributed by atoms with Gasteiger partial charge >= 0.3 is 0 Å². The Bertz CT molecular complexity index is 541. The molecule has 2 unspecified atom stereocenters. The predicted octanol–water partition coefficient (Wildman–Crippen LogP) is 1.44. The van der Waals surface area contributed by atoms with Gasteiger partial charge in [-0.2, -0.15) is 0 Å². The molecule has 0 bridgehead atoms. The first-order valence-electron chi connectivity index (χ1n) is 6.36. The first kappa shape index (κ1) is 17.3. The molecule has 0 amide bonds. The van der Waals surface area contributed by atoms with E-state index >= 15 is 0 Å². The number of hydrogen-bond donors (Lipinski definition) is 2. The van der Waals surface area contributed by atoms with E-state index in [1.54, 1.807) is 0 Å². The standard InChI is InChI=1S/C12H18FN3O2S.ClH/c13-10-5-11(8-15-7-10)19(17,18)16-12-4-2-1-3-9(12)6-14;/h5,7-9,12,16H,1-4,6,14H2;1H. The molecule has 0 saturated heterocycles. The Morgan fingerprint density at radius 2 is 2.05 bits per heavy atom. The topological polar surface area (TPSA) is 85.1 Å². The molecule has 5 nitrogen and oxygen atoms in total. The summed E-state index contributed by atoms with van der Waals surface area (Å²) in [6, 6.07) is 0.794. The molecule has 0 aromatic carbocycles. The van der Waals surface area contributed by atoms with Gasteiger partial charge < -0.3 is 5.73 Å². The zero-order valence-corrected chi connectivity index (χ0v) is 12.6. The van der Waals surface area contributed by atoms with Crippen LogP contribution in [0.3, 0.4) is 0 Å². The summed E-state index contributed by atoms with van der Waals surface area (Å²) in [5.41, 5.74) is 5.67. The number of halogens is 2. The van der Waals surface area contributed by atoms with Crippen LogP contribution >= 0.6 is 12.4 Å². The molecule has 1 aliphatic rings. The van der Waals surface area contributed by atoms with Gasteiger partial charge in [0.15, 0.2) is 0 Å². The van der Waals surface area contributed by atoms with Crippen molar-refractivity contribution in [2.24, 2.45) is 11.7 Å². The maximum Gasteiger partial charge on any atom is 0.242 e. The van der Waals surface area contributed by atoms with Gasteiger partial charge in [0.2, 0.25) is 10.0 Å². The smallest absolute Gasteiger partial charge is 0.242 e. The average Bonchev–Trinajstić information content (AvgIpc) is 2.39. The number of nitrogens with one attached hydrogen (secondary N) is 1. The predicted molar refractivity (Wildman–Crippen MR) is 76.6 cm³/mol.